The van der Waals surface area contributed by atoms with Crippen molar-refractivity contribution in [3.63, 3.8) is 0 Å². The molecule has 0 radical (unpaired) electrons. The van der Waals surface area contributed by atoms with Gasteiger partial charge >= 0.3 is 12.2 Å². The van der Waals surface area contributed by atoms with Gasteiger partial charge in [-0.05, 0) is 135 Å². The van der Waals surface area contributed by atoms with Crippen LogP contribution in [0.4, 0.5) is 18.0 Å². The van der Waals surface area contributed by atoms with Crippen molar-refractivity contribution in [3.05, 3.63) is 141 Å². The van der Waals surface area contributed by atoms with E-state index >= 15 is 0 Å². The Morgan fingerprint density at radius 1 is 0.983 bits per heavy atom. The molecular formula is C49H52ClF3N2O5. The van der Waals surface area contributed by atoms with Crippen molar-refractivity contribution in [1.82, 2.24) is 10.2 Å². The summed E-state index contributed by atoms with van der Waals surface area (Å²) in [6.07, 6.45) is 0.417. The normalized spacial score (nSPS) is 22.4. The first-order valence-electron chi connectivity index (χ1n) is 20.7. The first kappa shape index (κ1) is 43.2. The number of urea groups is 1. The van der Waals surface area contributed by atoms with E-state index in [1.54, 1.807) is 11.0 Å². The predicted molar refractivity (Wildman–Crippen MR) is 229 cm³/mol. The van der Waals surface area contributed by atoms with Crippen LogP contribution in [0.25, 0.3) is 22.1 Å². The predicted octanol–water partition coefficient (Wildman–Crippen LogP) is 11.7. The summed E-state index contributed by atoms with van der Waals surface area (Å²) in [6.45, 7) is 8.22. The highest BCUT2D eigenvalue weighted by molar-refractivity contribution is 6.33. The van der Waals surface area contributed by atoms with E-state index in [2.05, 4.69) is 25.2 Å². The Kier molecular flexibility index (Phi) is 12.4. The Bertz CT molecular complexity index is 2420. The van der Waals surface area contributed by atoms with Gasteiger partial charge < -0.3 is 24.8 Å². The van der Waals surface area contributed by atoms with Gasteiger partial charge in [-0.25, -0.2) is 4.79 Å². The van der Waals surface area contributed by atoms with Crippen molar-refractivity contribution >= 4 is 34.2 Å². The number of nitrogens with one attached hydrogen (secondary N) is 1. The smallest absolute Gasteiger partial charge is 0.416 e. The van der Waals surface area contributed by atoms with E-state index in [4.69, 9.17) is 16.0 Å². The number of aliphatic hydroxyl groups excluding tert-OH is 1. The third-order valence-electron chi connectivity index (χ3n) is 12.7. The summed E-state index contributed by atoms with van der Waals surface area (Å²) in [6, 6.07) is 25.0. The molecule has 1 heterocycles. The van der Waals surface area contributed by atoms with Crippen LogP contribution in [0.1, 0.15) is 111 Å². The van der Waals surface area contributed by atoms with E-state index in [9.17, 15) is 33.0 Å². The summed E-state index contributed by atoms with van der Waals surface area (Å²) in [5.41, 5.74) is 0.716. The number of carbonyl (C=O) groups excluding carboxylic acids is 2. The van der Waals surface area contributed by atoms with E-state index in [0.717, 1.165) is 45.7 Å². The number of hydrogen-bond acceptors (Lipinski definition) is 5. The van der Waals surface area contributed by atoms with Crippen molar-refractivity contribution in [3.8, 4) is 11.3 Å². The molecular weight excluding hydrogens is 789 g/mol. The summed E-state index contributed by atoms with van der Waals surface area (Å²) in [4.78, 5) is 30.5. The van der Waals surface area contributed by atoms with Gasteiger partial charge in [0.1, 0.15) is 5.76 Å². The van der Waals surface area contributed by atoms with Crippen LogP contribution in [-0.2, 0) is 19.1 Å². The maximum absolute atomic E-state index is 14.7. The molecule has 4 aromatic carbocycles. The third kappa shape index (κ3) is 8.92. The molecule has 2 bridgehead atoms. The molecule has 8 rings (SSSR count). The second-order valence-electron chi connectivity index (χ2n) is 17.2. The van der Waals surface area contributed by atoms with Crippen LogP contribution >= 0.6 is 11.6 Å². The molecule has 1 saturated carbocycles. The number of hydrogen-bond donors (Lipinski definition) is 3. The molecule has 7 nitrogen and oxygen atoms in total. The van der Waals surface area contributed by atoms with Crippen LogP contribution in [0.15, 0.2) is 107 Å². The number of ketones is 1. The minimum atomic E-state index is -4.61. The Balaban J connectivity index is 1.30. The molecule has 60 heavy (non-hydrogen) atoms. The Morgan fingerprint density at radius 3 is 2.52 bits per heavy atom. The lowest BCUT2D eigenvalue weighted by Crippen LogP contribution is -2.55. The average Bonchev–Trinajstić information content (AvgIpc) is 3.78. The summed E-state index contributed by atoms with van der Waals surface area (Å²) in [5.74, 6) is -0.904. The molecule has 0 saturated heterocycles. The monoisotopic (exact) mass is 840 g/mol. The zero-order valence-corrected chi connectivity index (χ0v) is 35.2. The number of allylic oxidation sites excluding steroid dienone is 2. The van der Waals surface area contributed by atoms with Crippen molar-refractivity contribution in [2.45, 2.75) is 109 Å². The minimum Gasteiger partial charge on any atom is -0.453 e. The fourth-order valence-corrected chi connectivity index (χ4v) is 9.52. The van der Waals surface area contributed by atoms with Crippen molar-refractivity contribution in [2.24, 2.45) is 5.41 Å². The highest BCUT2D eigenvalue weighted by atomic mass is 35.5. The van der Waals surface area contributed by atoms with Gasteiger partial charge in [-0.2, -0.15) is 13.2 Å². The number of rotatable bonds is 8. The van der Waals surface area contributed by atoms with Gasteiger partial charge in [0, 0.05) is 29.1 Å². The summed E-state index contributed by atoms with van der Waals surface area (Å²) >= 11 is 6.35. The maximum Gasteiger partial charge on any atom is 0.416 e. The first-order chi connectivity index (χ1) is 28.5. The zero-order chi connectivity index (χ0) is 43.0. The number of halogens is 4. The third-order valence-corrected chi connectivity index (χ3v) is 13.0. The fourth-order valence-electron chi connectivity index (χ4n) is 9.31. The molecule has 3 aliphatic carbocycles. The number of carbonyl (C=O) groups is 2. The topological polar surface area (TPSA) is 103 Å². The van der Waals surface area contributed by atoms with Crippen molar-refractivity contribution in [1.29, 1.82) is 0 Å². The van der Waals surface area contributed by atoms with E-state index in [-0.39, 0.29) is 53.2 Å². The molecule has 11 heteroatoms. The highest BCUT2D eigenvalue weighted by Gasteiger charge is 2.57. The molecule has 3 N–H and O–H groups in total. The molecule has 4 atom stereocenters. The van der Waals surface area contributed by atoms with Crippen LogP contribution in [0, 0.1) is 5.41 Å². The molecule has 1 fully saturated rings. The van der Waals surface area contributed by atoms with Gasteiger partial charge in [0.25, 0.3) is 0 Å². The second kappa shape index (κ2) is 17.2. The molecule has 0 spiro atoms. The van der Waals surface area contributed by atoms with E-state index in [1.807, 2.05) is 68.4 Å². The Hall–Kier alpha value is -4.90. The van der Waals surface area contributed by atoms with Gasteiger partial charge in [0.05, 0.1) is 28.8 Å². The molecule has 3 aliphatic rings. The quantitative estimate of drug-likeness (QED) is 0.107. The Morgan fingerprint density at radius 2 is 1.75 bits per heavy atom. The summed E-state index contributed by atoms with van der Waals surface area (Å²) in [5, 5.41) is 29.4. The number of benzene rings is 4. The van der Waals surface area contributed by atoms with Gasteiger partial charge in [0.2, 0.25) is 5.78 Å². The number of furan rings is 1. The molecule has 2 amide bonds. The van der Waals surface area contributed by atoms with Gasteiger partial charge in [0.15, 0.2) is 5.76 Å². The van der Waals surface area contributed by atoms with Crippen molar-refractivity contribution in [2.75, 3.05) is 6.54 Å². The van der Waals surface area contributed by atoms with Crippen LogP contribution in [0.5, 0.6) is 0 Å². The molecule has 316 valence electrons. The SMILES string of the molecule is CC1=CCCC2(C)C(CCC2(O)CN(Cc2cccc3ccccc23)C(=O)NC(C)C)c2ccc(cc2C(=O)c2ccc(-c3cc(C(F)(F)F)ccc3Cl)o2)CC(O)CC1. The number of fused-ring (bicyclic) bond motifs is 9. The number of aliphatic hydroxyl groups is 2. The lowest BCUT2D eigenvalue weighted by molar-refractivity contribution is -0.137. The zero-order valence-electron chi connectivity index (χ0n) is 34.4. The van der Waals surface area contributed by atoms with E-state index in [0.29, 0.717) is 56.1 Å². The standard InChI is InChI=1S/C49H52ClF3N2O5/c1-30(2)54-46(58)55(28-34-12-7-11-33-10-5-6-13-37(33)34)29-48(59)24-22-41-38-18-15-32(25-36(56)17-14-31(3)9-8-23-47(41,48)4)26-39(38)45(57)44-21-20-43(60-44)40-27-35(49(51,52)53)16-19-42(40)50/h5-7,9-13,15-16,18-21,26-27,30,36,41,56,59H,8,14,17,22-25,28-29H2,1-4H3,(H,54,58). The van der Waals surface area contributed by atoms with E-state index in [1.165, 1.54) is 12.1 Å². The Labute approximate surface area is 354 Å². The van der Waals surface area contributed by atoms with Crippen LogP contribution in [0.3, 0.4) is 0 Å². The minimum absolute atomic E-state index is 0.00318. The fraction of sp³-hybridized carbons (Fsp3) is 0.388. The number of amides is 2. The van der Waals surface area contributed by atoms with Gasteiger partial charge in [-0.1, -0.05) is 84.8 Å². The van der Waals surface area contributed by atoms with Crippen molar-refractivity contribution < 1.29 is 37.4 Å². The first-order valence-corrected chi connectivity index (χ1v) is 21.1. The highest BCUT2D eigenvalue weighted by Crippen LogP contribution is 2.59. The summed E-state index contributed by atoms with van der Waals surface area (Å²) < 4.78 is 47.0. The van der Waals surface area contributed by atoms with Gasteiger partial charge in [-0.15, -0.1) is 0 Å². The van der Waals surface area contributed by atoms with Gasteiger partial charge in [-0.3, -0.25) is 4.79 Å². The molecule has 1 aromatic heterocycles. The number of alkyl halides is 3. The number of nitrogens with zero attached hydrogens (tertiary/aromatic N) is 1. The molecule has 0 aliphatic heterocycles. The largest absolute Gasteiger partial charge is 0.453 e. The van der Waals surface area contributed by atoms with Crippen LogP contribution < -0.4 is 5.32 Å². The lowest BCUT2D eigenvalue weighted by Gasteiger charge is -2.46. The molecule has 4 unspecified atom stereocenters. The van der Waals surface area contributed by atoms with Crippen LogP contribution in [0.2, 0.25) is 5.02 Å². The lowest BCUT2D eigenvalue weighted by atomic mass is 9.64. The second-order valence-corrected chi connectivity index (χ2v) is 17.6. The van der Waals surface area contributed by atoms with E-state index < -0.39 is 34.6 Å². The van der Waals surface area contributed by atoms with Crippen LogP contribution in [-0.4, -0.2) is 51.2 Å². The summed E-state index contributed by atoms with van der Waals surface area (Å²) in [7, 11) is 0. The maximum atomic E-state index is 14.7. The average molecular weight is 841 g/mol. The molecule has 5 aromatic rings.